The van der Waals surface area contributed by atoms with Gasteiger partial charge in [0.25, 0.3) is 0 Å². The van der Waals surface area contributed by atoms with Gasteiger partial charge in [0.05, 0.1) is 6.61 Å². The molecule has 2 nitrogen and oxygen atoms in total. The third-order valence-corrected chi connectivity index (χ3v) is 1.56. The molecule has 0 aliphatic heterocycles. The predicted octanol–water partition coefficient (Wildman–Crippen LogP) is 2.69. The molecule has 0 spiro atoms. The fourth-order valence-electron chi connectivity index (χ4n) is 0.924. The Morgan fingerprint density at radius 2 is 2.08 bits per heavy atom. The Hall–Kier alpha value is -0.790. The average Bonchev–Trinajstić information content (AvgIpc) is 2.02. The Bertz CT molecular complexity index is 139. The molecule has 0 radical (unpaired) electrons. The van der Waals surface area contributed by atoms with Crippen molar-refractivity contribution >= 4 is 5.97 Å². The largest absolute Gasteiger partial charge is 0.466 e. The Kier molecular flexibility index (Phi) is 7.76. The maximum Gasteiger partial charge on any atom is 0.302 e. The summed E-state index contributed by atoms with van der Waals surface area (Å²) in [5.74, 6) is -0.177. The number of unbranched alkanes of at least 4 members (excludes halogenated alkanes) is 3. The smallest absolute Gasteiger partial charge is 0.302 e. The van der Waals surface area contributed by atoms with Crippen LogP contribution in [0.15, 0.2) is 12.2 Å². The van der Waals surface area contributed by atoms with Crippen LogP contribution in [-0.4, -0.2) is 12.6 Å². The van der Waals surface area contributed by atoms with E-state index in [-0.39, 0.29) is 5.97 Å². The Labute approximate surface area is 74.6 Å². The van der Waals surface area contributed by atoms with E-state index in [0.29, 0.717) is 6.61 Å². The quantitative estimate of drug-likeness (QED) is 0.348. The topological polar surface area (TPSA) is 26.3 Å². The second-order valence-corrected chi connectivity index (χ2v) is 2.76. The molecule has 0 fully saturated rings. The zero-order valence-corrected chi connectivity index (χ0v) is 8.01. The van der Waals surface area contributed by atoms with Crippen LogP contribution in [0.3, 0.4) is 0 Å². The molecule has 0 heterocycles. The second-order valence-electron chi connectivity index (χ2n) is 2.76. The first-order chi connectivity index (χ1) is 5.77. The number of carbonyl (C=O) groups is 1. The van der Waals surface area contributed by atoms with Crippen molar-refractivity contribution in [1.29, 1.82) is 0 Å². The van der Waals surface area contributed by atoms with Crippen LogP contribution in [0.4, 0.5) is 0 Å². The first kappa shape index (κ1) is 11.2. The third-order valence-electron chi connectivity index (χ3n) is 1.56. The molecule has 0 rings (SSSR count). The first-order valence-electron chi connectivity index (χ1n) is 4.52. The highest BCUT2D eigenvalue weighted by Crippen LogP contribution is 2.00. The molecule has 0 aromatic heterocycles. The lowest BCUT2D eigenvalue weighted by Crippen LogP contribution is -1.99. The Morgan fingerprint density at radius 3 is 2.67 bits per heavy atom. The molecule has 0 aliphatic carbocycles. The van der Waals surface area contributed by atoms with Crippen LogP contribution >= 0.6 is 0 Å². The molecular formula is C10H18O2. The standard InChI is InChI=1S/C10H18O2/c1-3-4-5-6-7-8-9-12-10(2)11/h3-4H,5-9H2,1-2H3/b4-3+. The third kappa shape index (κ3) is 9.21. The molecule has 12 heavy (non-hydrogen) atoms. The lowest BCUT2D eigenvalue weighted by Gasteiger charge is -1.99. The summed E-state index contributed by atoms with van der Waals surface area (Å²) in [6.07, 6.45) is 8.66. The minimum absolute atomic E-state index is 0.177. The lowest BCUT2D eigenvalue weighted by molar-refractivity contribution is -0.141. The normalized spacial score (nSPS) is 10.5. The number of hydrogen-bond donors (Lipinski definition) is 0. The minimum atomic E-state index is -0.177. The number of hydrogen-bond acceptors (Lipinski definition) is 2. The van der Waals surface area contributed by atoms with Gasteiger partial charge in [-0.1, -0.05) is 12.2 Å². The minimum Gasteiger partial charge on any atom is -0.466 e. The molecule has 0 amide bonds. The second kappa shape index (κ2) is 8.31. The highest BCUT2D eigenvalue weighted by Gasteiger charge is 1.91. The van der Waals surface area contributed by atoms with Gasteiger partial charge in [-0.2, -0.15) is 0 Å². The van der Waals surface area contributed by atoms with Crippen LogP contribution in [0, 0.1) is 0 Å². The van der Waals surface area contributed by atoms with Crippen molar-refractivity contribution < 1.29 is 9.53 Å². The van der Waals surface area contributed by atoms with E-state index in [0.717, 1.165) is 19.3 Å². The number of rotatable bonds is 6. The summed E-state index contributed by atoms with van der Waals surface area (Å²) in [5.41, 5.74) is 0. The van der Waals surface area contributed by atoms with Crippen molar-refractivity contribution in [1.82, 2.24) is 0 Å². The van der Waals surface area contributed by atoms with Gasteiger partial charge in [0.2, 0.25) is 0 Å². The van der Waals surface area contributed by atoms with E-state index in [9.17, 15) is 4.79 Å². The molecule has 70 valence electrons. The molecule has 0 saturated heterocycles. The zero-order valence-electron chi connectivity index (χ0n) is 8.01. The maximum absolute atomic E-state index is 10.3. The van der Waals surface area contributed by atoms with Gasteiger partial charge in [-0.3, -0.25) is 4.79 Å². The van der Waals surface area contributed by atoms with E-state index in [2.05, 4.69) is 12.2 Å². The molecule has 0 aromatic carbocycles. The van der Waals surface area contributed by atoms with Crippen LogP contribution in [0.1, 0.15) is 39.5 Å². The monoisotopic (exact) mass is 170 g/mol. The highest BCUT2D eigenvalue weighted by atomic mass is 16.5. The van der Waals surface area contributed by atoms with Crippen molar-refractivity contribution in [2.75, 3.05) is 6.61 Å². The lowest BCUT2D eigenvalue weighted by atomic mass is 10.2. The first-order valence-corrected chi connectivity index (χ1v) is 4.52. The van der Waals surface area contributed by atoms with Crippen LogP contribution in [0.2, 0.25) is 0 Å². The molecule has 0 bridgehead atoms. The van der Waals surface area contributed by atoms with Gasteiger partial charge in [-0.25, -0.2) is 0 Å². The summed E-state index contributed by atoms with van der Waals surface area (Å²) in [4.78, 5) is 10.3. The van der Waals surface area contributed by atoms with Gasteiger partial charge in [0.15, 0.2) is 0 Å². The molecule has 2 heteroatoms. The number of ether oxygens (including phenoxy) is 1. The number of carbonyl (C=O) groups excluding carboxylic acids is 1. The van der Waals surface area contributed by atoms with Crippen LogP contribution in [0.25, 0.3) is 0 Å². The van der Waals surface area contributed by atoms with Gasteiger partial charge >= 0.3 is 5.97 Å². The van der Waals surface area contributed by atoms with E-state index < -0.39 is 0 Å². The number of allylic oxidation sites excluding steroid dienone is 2. The van der Waals surface area contributed by atoms with Gasteiger partial charge in [0, 0.05) is 6.92 Å². The van der Waals surface area contributed by atoms with Crippen LogP contribution < -0.4 is 0 Å². The Balaban J connectivity index is 2.96. The fourth-order valence-corrected chi connectivity index (χ4v) is 0.924. The van der Waals surface area contributed by atoms with E-state index in [1.165, 1.54) is 13.3 Å². The zero-order chi connectivity index (χ0) is 9.23. The summed E-state index contributed by atoms with van der Waals surface area (Å²) in [6, 6.07) is 0. The fraction of sp³-hybridized carbons (Fsp3) is 0.700. The summed E-state index contributed by atoms with van der Waals surface area (Å²) in [5, 5.41) is 0. The van der Waals surface area contributed by atoms with Gasteiger partial charge < -0.3 is 4.74 Å². The average molecular weight is 170 g/mol. The van der Waals surface area contributed by atoms with E-state index in [1.54, 1.807) is 0 Å². The van der Waals surface area contributed by atoms with Crippen LogP contribution in [-0.2, 0) is 9.53 Å². The number of esters is 1. The van der Waals surface area contributed by atoms with Gasteiger partial charge in [0.1, 0.15) is 0 Å². The molecular weight excluding hydrogens is 152 g/mol. The molecule has 0 N–H and O–H groups in total. The predicted molar refractivity (Wildman–Crippen MR) is 49.9 cm³/mol. The maximum atomic E-state index is 10.3. The van der Waals surface area contributed by atoms with Crippen molar-refractivity contribution in [2.45, 2.75) is 39.5 Å². The molecule has 0 aliphatic rings. The van der Waals surface area contributed by atoms with Gasteiger partial charge in [-0.05, 0) is 32.6 Å². The summed E-state index contributed by atoms with van der Waals surface area (Å²) in [6.45, 7) is 4.05. The van der Waals surface area contributed by atoms with E-state index in [1.807, 2.05) is 6.92 Å². The summed E-state index contributed by atoms with van der Waals surface area (Å²) < 4.78 is 4.79. The van der Waals surface area contributed by atoms with E-state index in [4.69, 9.17) is 4.74 Å². The summed E-state index contributed by atoms with van der Waals surface area (Å²) >= 11 is 0. The van der Waals surface area contributed by atoms with Crippen molar-refractivity contribution in [3.8, 4) is 0 Å². The molecule has 0 unspecified atom stereocenters. The Morgan fingerprint density at radius 1 is 1.33 bits per heavy atom. The van der Waals surface area contributed by atoms with Crippen molar-refractivity contribution in [3.05, 3.63) is 12.2 Å². The van der Waals surface area contributed by atoms with E-state index >= 15 is 0 Å². The highest BCUT2D eigenvalue weighted by molar-refractivity contribution is 5.65. The molecule has 0 saturated carbocycles. The molecule has 0 atom stereocenters. The summed E-state index contributed by atoms with van der Waals surface area (Å²) in [7, 11) is 0. The van der Waals surface area contributed by atoms with Crippen molar-refractivity contribution in [3.63, 3.8) is 0 Å². The van der Waals surface area contributed by atoms with Crippen LogP contribution in [0.5, 0.6) is 0 Å². The molecule has 0 aromatic rings. The van der Waals surface area contributed by atoms with Gasteiger partial charge in [-0.15, -0.1) is 0 Å². The SMILES string of the molecule is C/C=C/CCCCCOC(C)=O. The van der Waals surface area contributed by atoms with Crippen molar-refractivity contribution in [2.24, 2.45) is 0 Å².